The summed E-state index contributed by atoms with van der Waals surface area (Å²) >= 11 is 7.09. The average Bonchev–Trinajstić information content (AvgIpc) is 3.28. The summed E-state index contributed by atoms with van der Waals surface area (Å²) in [5.74, 6) is -0.413. The second kappa shape index (κ2) is 8.72. The minimum absolute atomic E-state index is 0.0145. The molecule has 1 aromatic heterocycles. The van der Waals surface area contributed by atoms with E-state index in [9.17, 15) is 18.0 Å². The number of nitrogens with zero attached hydrogens (tertiary/aromatic N) is 2. The maximum absolute atomic E-state index is 12.6. The van der Waals surface area contributed by atoms with Crippen LogP contribution in [0.4, 0.5) is 0 Å². The predicted molar refractivity (Wildman–Crippen MR) is 106 cm³/mol. The molecule has 1 aromatic rings. The molecule has 148 valence electrons. The first-order chi connectivity index (χ1) is 12.8. The minimum Gasteiger partial charge on any atom is -0.341 e. The molecule has 2 aliphatic heterocycles. The van der Waals surface area contributed by atoms with Crippen molar-refractivity contribution in [2.45, 2.75) is 31.7 Å². The van der Waals surface area contributed by atoms with E-state index in [4.69, 9.17) is 11.6 Å². The van der Waals surface area contributed by atoms with E-state index in [1.165, 1.54) is 22.3 Å². The van der Waals surface area contributed by atoms with Crippen LogP contribution in [0.1, 0.15) is 30.6 Å². The number of halogens is 1. The molecule has 3 rings (SSSR count). The number of nitrogens with one attached hydrogen (secondary N) is 1. The van der Waals surface area contributed by atoms with Crippen molar-refractivity contribution in [3.63, 3.8) is 0 Å². The summed E-state index contributed by atoms with van der Waals surface area (Å²) < 4.78 is 27.6. The third kappa shape index (κ3) is 5.54. The highest BCUT2D eigenvalue weighted by atomic mass is 35.5. The number of carbonyl (C=O) groups is 2. The second-order valence-corrected chi connectivity index (χ2v) is 9.99. The van der Waals surface area contributed by atoms with Gasteiger partial charge in [-0.25, -0.2) is 8.42 Å². The highest BCUT2D eigenvalue weighted by Crippen LogP contribution is 2.23. The Labute approximate surface area is 168 Å². The molecule has 0 aliphatic carbocycles. The van der Waals surface area contributed by atoms with Crippen molar-refractivity contribution in [1.82, 2.24) is 14.5 Å². The summed E-state index contributed by atoms with van der Waals surface area (Å²) in [6.45, 7) is 1.95. The molecule has 10 heteroatoms. The van der Waals surface area contributed by atoms with Crippen LogP contribution < -0.4 is 4.72 Å². The Bertz CT molecular complexity index is 831. The molecule has 2 aliphatic rings. The molecule has 3 heterocycles. The van der Waals surface area contributed by atoms with Gasteiger partial charge in [0.25, 0.3) is 0 Å². The van der Waals surface area contributed by atoms with Crippen molar-refractivity contribution in [1.29, 1.82) is 0 Å². The van der Waals surface area contributed by atoms with Gasteiger partial charge in [-0.1, -0.05) is 11.6 Å². The fraction of sp³-hybridized carbons (Fsp3) is 0.529. The summed E-state index contributed by atoms with van der Waals surface area (Å²) in [6.07, 6.45) is 4.50. The third-order valence-electron chi connectivity index (χ3n) is 4.63. The number of amides is 2. The fourth-order valence-electron chi connectivity index (χ4n) is 3.25. The first-order valence-electron chi connectivity index (χ1n) is 8.86. The number of hydrogen-bond donors (Lipinski definition) is 1. The lowest BCUT2D eigenvalue weighted by Crippen LogP contribution is -2.54. The van der Waals surface area contributed by atoms with Gasteiger partial charge >= 0.3 is 0 Å². The zero-order valence-electron chi connectivity index (χ0n) is 14.8. The molecule has 0 aromatic carbocycles. The Morgan fingerprint density at radius 2 is 2.00 bits per heavy atom. The van der Waals surface area contributed by atoms with Crippen molar-refractivity contribution < 1.29 is 18.0 Å². The Morgan fingerprint density at radius 1 is 1.26 bits per heavy atom. The Morgan fingerprint density at radius 3 is 2.67 bits per heavy atom. The molecular formula is C17H22ClN3O4S2. The predicted octanol–water partition coefficient (Wildman–Crippen LogP) is 1.91. The number of hydrogen-bond acceptors (Lipinski definition) is 5. The highest BCUT2D eigenvalue weighted by molar-refractivity contribution is 7.92. The van der Waals surface area contributed by atoms with Crippen molar-refractivity contribution in [2.24, 2.45) is 0 Å². The van der Waals surface area contributed by atoms with Crippen LogP contribution in [0.5, 0.6) is 0 Å². The topological polar surface area (TPSA) is 86.8 Å². The van der Waals surface area contributed by atoms with E-state index in [-0.39, 0.29) is 18.4 Å². The van der Waals surface area contributed by atoms with Crippen LogP contribution in [0.25, 0.3) is 6.08 Å². The van der Waals surface area contributed by atoms with Gasteiger partial charge in [-0.2, -0.15) is 4.72 Å². The number of piperidine rings is 1. The molecular weight excluding hydrogens is 410 g/mol. The van der Waals surface area contributed by atoms with E-state index in [1.54, 1.807) is 17.0 Å². The molecule has 0 saturated carbocycles. The molecule has 0 spiro atoms. The number of sulfonamides is 1. The largest absolute Gasteiger partial charge is 0.341 e. The Balaban J connectivity index is 1.59. The molecule has 2 amide bonds. The number of rotatable bonds is 6. The van der Waals surface area contributed by atoms with Crippen molar-refractivity contribution in [2.75, 3.05) is 26.2 Å². The maximum Gasteiger partial charge on any atom is 0.242 e. The highest BCUT2D eigenvalue weighted by Gasteiger charge is 2.33. The molecule has 7 nitrogen and oxygen atoms in total. The van der Waals surface area contributed by atoms with Crippen LogP contribution in [0.2, 0.25) is 4.34 Å². The Kier molecular flexibility index (Phi) is 6.56. The SMILES string of the molecule is O=C(CN1CCCC(NS(=O)(=O)/C=C/c2ccc(Cl)s2)C1=O)N1CCCC1. The van der Waals surface area contributed by atoms with E-state index in [1.807, 2.05) is 0 Å². The molecule has 1 unspecified atom stereocenters. The average molecular weight is 432 g/mol. The Hall–Kier alpha value is -1.42. The lowest BCUT2D eigenvalue weighted by atomic mass is 10.1. The van der Waals surface area contributed by atoms with Gasteiger partial charge in [-0.3, -0.25) is 9.59 Å². The van der Waals surface area contributed by atoms with E-state index < -0.39 is 16.1 Å². The summed E-state index contributed by atoms with van der Waals surface area (Å²) in [5, 5.41) is 1.04. The monoisotopic (exact) mass is 431 g/mol. The van der Waals surface area contributed by atoms with Crippen LogP contribution in [0.15, 0.2) is 17.5 Å². The van der Waals surface area contributed by atoms with Gasteiger partial charge in [-0.05, 0) is 43.9 Å². The minimum atomic E-state index is -3.78. The first kappa shape index (κ1) is 20.3. The number of thiophene rings is 1. The zero-order valence-corrected chi connectivity index (χ0v) is 17.2. The van der Waals surface area contributed by atoms with E-state index in [0.29, 0.717) is 28.6 Å². The van der Waals surface area contributed by atoms with Crippen LogP contribution in [-0.2, 0) is 19.6 Å². The number of likely N-dealkylation sites (tertiary alicyclic amines) is 2. The van der Waals surface area contributed by atoms with Crippen LogP contribution >= 0.6 is 22.9 Å². The van der Waals surface area contributed by atoms with Crippen LogP contribution in [-0.4, -0.2) is 62.3 Å². The standard InChI is InChI=1S/C17H22ClN3O4S2/c18-15-6-5-13(26-15)7-11-27(24,25)19-14-4-3-10-21(17(14)23)12-16(22)20-8-1-2-9-20/h5-7,11,14,19H,1-4,8-10,12H2/b11-7+. The summed E-state index contributed by atoms with van der Waals surface area (Å²) in [4.78, 5) is 28.8. The van der Waals surface area contributed by atoms with Gasteiger partial charge in [0.05, 0.1) is 10.9 Å². The van der Waals surface area contributed by atoms with Crippen molar-refractivity contribution >= 4 is 50.9 Å². The summed E-state index contributed by atoms with van der Waals surface area (Å²) in [7, 11) is -3.78. The van der Waals surface area contributed by atoms with Crippen LogP contribution in [0.3, 0.4) is 0 Å². The van der Waals surface area contributed by atoms with Gasteiger partial charge in [-0.15, -0.1) is 11.3 Å². The van der Waals surface area contributed by atoms with Gasteiger partial charge in [0.2, 0.25) is 21.8 Å². The normalized spacial score (nSPS) is 21.4. The number of carbonyl (C=O) groups excluding carboxylic acids is 2. The lowest BCUT2D eigenvalue weighted by Gasteiger charge is -2.32. The van der Waals surface area contributed by atoms with Gasteiger partial charge in [0.1, 0.15) is 6.04 Å². The maximum atomic E-state index is 12.6. The molecule has 0 bridgehead atoms. The van der Waals surface area contributed by atoms with Gasteiger partial charge in [0, 0.05) is 29.9 Å². The quantitative estimate of drug-likeness (QED) is 0.745. The lowest BCUT2D eigenvalue weighted by molar-refractivity contribution is -0.142. The molecule has 1 atom stereocenters. The molecule has 1 N–H and O–H groups in total. The summed E-state index contributed by atoms with van der Waals surface area (Å²) in [6, 6.07) is 2.56. The van der Waals surface area contributed by atoms with Gasteiger partial charge < -0.3 is 9.80 Å². The molecule has 2 saturated heterocycles. The third-order valence-corrected chi connectivity index (χ3v) is 6.93. The second-order valence-electron chi connectivity index (χ2n) is 6.65. The van der Waals surface area contributed by atoms with E-state index in [0.717, 1.165) is 31.3 Å². The first-order valence-corrected chi connectivity index (χ1v) is 11.6. The van der Waals surface area contributed by atoms with E-state index >= 15 is 0 Å². The zero-order chi connectivity index (χ0) is 19.4. The van der Waals surface area contributed by atoms with Crippen molar-refractivity contribution in [3.05, 3.63) is 26.8 Å². The van der Waals surface area contributed by atoms with Crippen LogP contribution in [0, 0.1) is 0 Å². The molecule has 0 radical (unpaired) electrons. The van der Waals surface area contributed by atoms with E-state index in [2.05, 4.69) is 4.72 Å². The molecule has 2 fully saturated rings. The fourth-order valence-corrected chi connectivity index (χ4v) is 5.32. The van der Waals surface area contributed by atoms with Gasteiger partial charge in [0.15, 0.2) is 0 Å². The van der Waals surface area contributed by atoms with Crippen molar-refractivity contribution in [3.8, 4) is 0 Å². The molecule has 27 heavy (non-hydrogen) atoms. The summed E-state index contributed by atoms with van der Waals surface area (Å²) in [5.41, 5.74) is 0. The smallest absolute Gasteiger partial charge is 0.242 e.